The van der Waals surface area contributed by atoms with Gasteiger partial charge in [-0.05, 0) is 37.7 Å². The third-order valence-corrected chi connectivity index (χ3v) is 4.54. The van der Waals surface area contributed by atoms with Crippen LogP contribution in [0.2, 0.25) is 0 Å². The molecule has 0 bridgehead atoms. The van der Waals surface area contributed by atoms with Crippen molar-refractivity contribution in [3.8, 4) is 0 Å². The number of halogens is 1. The van der Waals surface area contributed by atoms with Crippen molar-refractivity contribution < 1.29 is 9.32 Å². The van der Waals surface area contributed by atoms with E-state index in [-0.39, 0.29) is 11.9 Å². The SMILES string of the molecule is CC1=C(C(=O)Nc2cc(C)on2)C(c2ccccc2Br)NC(=S)N1. The van der Waals surface area contributed by atoms with Crippen LogP contribution in [0, 0.1) is 6.92 Å². The number of hydrogen-bond acceptors (Lipinski definition) is 4. The molecule has 8 heteroatoms. The Morgan fingerprint density at radius 2 is 2.12 bits per heavy atom. The van der Waals surface area contributed by atoms with Crippen LogP contribution in [0.5, 0.6) is 0 Å². The van der Waals surface area contributed by atoms with Crippen LogP contribution in [0.3, 0.4) is 0 Å². The van der Waals surface area contributed by atoms with Gasteiger partial charge in [-0.15, -0.1) is 0 Å². The van der Waals surface area contributed by atoms with Crippen LogP contribution in [0.1, 0.15) is 24.3 Å². The number of allylic oxidation sites excluding steroid dienone is 1. The van der Waals surface area contributed by atoms with E-state index in [9.17, 15) is 4.79 Å². The number of nitrogens with one attached hydrogen (secondary N) is 3. The molecule has 2 aromatic rings. The van der Waals surface area contributed by atoms with Gasteiger partial charge in [-0.2, -0.15) is 0 Å². The van der Waals surface area contributed by atoms with E-state index in [1.807, 2.05) is 31.2 Å². The van der Waals surface area contributed by atoms with Gasteiger partial charge in [-0.3, -0.25) is 4.79 Å². The first-order valence-electron chi connectivity index (χ1n) is 7.23. The molecule has 1 aliphatic rings. The summed E-state index contributed by atoms with van der Waals surface area (Å²) in [5.74, 6) is 0.723. The van der Waals surface area contributed by atoms with Gasteiger partial charge in [0.25, 0.3) is 5.91 Å². The fraction of sp³-hybridized carbons (Fsp3) is 0.188. The lowest BCUT2D eigenvalue weighted by atomic mass is 9.95. The Morgan fingerprint density at radius 3 is 2.79 bits per heavy atom. The molecule has 1 aromatic heterocycles. The summed E-state index contributed by atoms with van der Waals surface area (Å²) in [6.07, 6.45) is 0. The Labute approximate surface area is 152 Å². The van der Waals surface area contributed by atoms with E-state index in [2.05, 4.69) is 37.0 Å². The second-order valence-electron chi connectivity index (χ2n) is 5.37. The first-order chi connectivity index (χ1) is 11.5. The van der Waals surface area contributed by atoms with Crippen LogP contribution in [0.4, 0.5) is 5.82 Å². The minimum atomic E-state index is -0.373. The number of anilines is 1. The Balaban J connectivity index is 1.97. The molecule has 1 aromatic carbocycles. The molecule has 2 heterocycles. The van der Waals surface area contributed by atoms with Gasteiger partial charge in [-0.1, -0.05) is 39.3 Å². The van der Waals surface area contributed by atoms with Crippen molar-refractivity contribution in [1.29, 1.82) is 0 Å². The lowest BCUT2D eigenvalue weighted by Gasteiger charge is -2.30. The van der Waals surface area contributed by atoms with E-state index in [1.165, 1.54) is 0 Å². The highest BCUT2D eigenvalue weighted by atomic mass is 79.9. The van der Waals surface area contributed by atoms with Gasteiger partial charge in [0.15, 0.2) is 10.9 Å². The fourth-order valence-electron chi connectivity index (χ4n) is 2.55. The highest BCUT2D eigenvalue weighted by molar-refractivity contribution is 9.10. The zero-order valence-corrected chi connectivity index (χ0v) is 15.4. The van der Waals surface area contributed by atoms with E-state index in [4.69, 9.17) is 16.7 Å². The zero-order chi connectivity index (χ0) is 17.3. The molecular formula is C16H15BrN4O2S. The summed E-state index contributed by atoms with van der Waals surface area (Å²) < 4.78 is 5.88. The summed E-state index contributed by atoms with van der Waals surface area (Å²) >= 11 is 8.78. The number of amides is 1. The van der Waals surface area contributed by atoms with Crippen LogP contribution >= 0.6 is 28.1 Å². The fourth-order valence-corrected chi connectivity index (χ4v) is 3.33. The van der Waals surface area contributed by atoms with Gasteiger partial charge in [0.05, 0.1) is 11.6 Å². The maximum absolute atomic E-state index is 12.8. The molecule has 3 N–H and O–H groups in total. The van der Waals surface area contributed by atoms with E-state index < -0.39 is 0 Å². The van der Waals surface area contributed by atoms with Crippen molar-refractivity contribution >= 4 is 45.0 Å². The number of carbonyl (C=O) groups is 1. The highest BCUT2D eigenvalue weighted by Crippen LogP contribution is 2.32. The Kier molecular flexibility index (Phi) is 4.68. The molecular weight excluding hydrogens is 392 g/mol. The smallest absolute Gasteiger partial charge is 0.257 e. The van der Waals surface area contributed by atoms with Crippen molar-refractivity contribution in [2.24, 2.45) is 0 Å². The van der Waals surface area contributed by atoms with Crippen LogP contribution in [-0.4, -0.2) is 16.2 Å². The third kappa shape index (κ3) is 3.34. The largest absolute Gasteiger partial charge is 0.360 e. The zero-order valence-electron chi connectivity index (χ0n) is 13.0. The quantitative estimate of drug-likeness (QED) is 0.679. The molecule has 124 valence electrons. The number of hydrogen-bond donors (Lipinski definition) is 3. The Morgan fingerprint density at radius 1 is 1.38 bits per heavy atom. The Hall–Kier alpha value is -2.19. The molecule has 6 nitrogen and oxygen atoms in total. The van der Waals surface area contributed by atoms with Gasteiger partial charge in [0.2, 0.25) is 0 Å². The third-order valence-electron chi connectivity index (χ3n) is 3.60. The lowest BCUT2D eigenvalue weighted by molar-refractivity contribution is -0.113. The molecule has 1 aliphatic heterocycles. The predicted octanol–water partition coefficient (Wildman–Crippen LogP) is 3.18. The number of rotatable bonds is 3. The van der Waals surface area contributed by atoms with Gasteiger partial charge in [-0.25, -0.2) is 0 Å². The predicted molar refractivity (Wildman–Crippen MR) is 98.3 cm³/mol. The first kappa shape index (κ1) is 16.7. The molecule has 1 amide bonds. The van der Waals surface area contributed by atoms with Gasteiger partial charge >= 0.3 is 0 Å². The number of benzene rings is 1. The van der Waals surface area contributed by atoms with Crippen molar-refractivity contribution in [3.05, 3.63) is 57.4 Å². The van der Waals surface area contributed by atoms with Crippen molar-refractivity contribution in [3.63, 3.8) is 0 Å². The maximum atomic E-state index is 12.8. The second-order valence-corrected chi connectivity index (χ2v) is 6.63. The lowest BCUT2D eigenvalue weighted by Crippen LogP contribution is -2.45. The molecule has 24 heavy (non-hydrogen) atoms. The molecule has 0 spiro atoms. The number of nitrogens with zero attached hydrogens (tertiary/aromatic N) is 1. The van der Waals surface area contributed by atoms with Gasteiger partial charge in [0, 0.05) is 16.2 Å². The first-order valence-corrected chi connectivity index (χ1v) is 8.43. The summed E-state index contributed by atoms with van der Waals surface area (Å²) in [6, 6.07) is 8.99. The van der Waals surface area contributed by atoms with E-state index in [0.717, 1.165) is 10.0 Å². The standard InChI is InChI=1S/C16H15BrN4O2S/c1-8-7-12(21-23-8)19-15(22)13-9(2)18-16(24)20-14(13)10-5-3-4-6-11(10)17/h3-7,14H,1-2H3,(H2,18,20,24)(H,19,21,22). The number of thiocarbonyl (C=S) groups is 1. The van der Waals surface area contributed by atoms with Gasteiger partial charge in [0.1, 0.15) is 5.76 Å². The number of carbonyl (C=O) groups excluding carboxylic acids is 1. The summed E-state index contributed by atoms with van der Waals surface area (Å²) in [4.78, 5) is 12.8. The highest BCUT2D eigenvalue weighted by Gasteiger charge is 2.31. The summed E-state index contributed by atoms with van der Waals surface area (Å²) in [5.41, 5.74) is 2.15. The summed E-state index contributed by atoms with van der Waals surface area (Å²) in [6.45, 7) is 3.58. The van der Waals surface area contributed by atoms with Gasteiger partial charge < -0.3 is 20.5 Å². The normalized spacial score (nSPS) is 17.3. The molecule has 1 atom stereocenters. The maximum Gasteiger partial charge on any atom is 0.257 e. The number of aryl methyl sites for hydroxylation is 1. The monoisotopic (exact) mass is 406 g/mol. The molecule has 3 rings (SSSR count). The molecule has 1 unspecified atom stereocenters. The minimum absolute atomic E-state index is 0.274. The molecule has 0 saturated heterocycles. The topological polar surface area (TPSA) is 79.2 Å². The molecule has 0 radical (unpaired) electrons. The number of aromatic nitrogens is 1. The minimum Gasteiger partial charge on any atom is -0.360 e. The van der Waals surface area contributed by atoms with E-state index in [0.29, 0.717) is 28.0 Å². The van der Waals surface area contributed by atoms with E-state index >= 15 is 0 Å². The second kappa shape index (κ2) is 6.74. The van der Waals surface area contributed by atoms with Crippen molar-refractivity contribution in [2.75, 3.05) is 5.32 Å². The molecule has 0 aliphatic carbocycles. The average molecular weight is 407 g/mol. The summed E-state index contributed by atoms with van der Waals surface area (Å²) in [7, 11) is 0. The summed E-state index contributed by atoms with van der Waals surface area (Å²) in [5, 5.41) is 13.2. The Bertz CT molecular complexity index is 846. The van der Waals surface area contributed by atoms with Crippen LogP contribution in [0.25, 0.3) is 0 Å². The van der Waals surface area contributed by atoms with Crippen LogP contribution in [-0.2, 0) is 4.79 Å². The van der Waals surface area contributed by atoms with E-state index in [1.54, 1.807) is 13.0 Å². The van der Waals surface area contributed by atoms with Crippen molar-refractivity contribution in [2.45, 2.75) is 19.9 Å². The van der Waals surface area contributed by atoms with Crippen LogP contribution in [0.15, 0.2) is 50.6 Å². The molecule has 0 saturated carbocycles. The van der Waals surface area contributed by atoms with Crippen LogP contribution < -0.4 is 16.0 Å². The molecule has 0 fully saturated rings. The average Bonchev–Trinajstić information content (AvgIpc) is 2.91. The van der Waals surface area contributed by atoms with Crippen molar-refractivity contribution in [1.82, 2.24) is 15.8 Å².